The Balaban J connectivity index is 3.11. The summed E-state index contributed by atoms with van der Waals surface area (Å²) >= 11 is 6.68. The standard InChI is InChI=1S/C11H23ClNOP/c1-9(2)13(10(3)4)15(12,14)8-6-7-11(15)5/h6-7,9-11,14H,8H2,1-5H3. The Bertz CT molecular complexity index is 268. The fourth-order valence-corrected chi connectivity index (χ4v) is 8.01. The van der Waals surface area contributed by atoms with E-state index < -0.39 is 6.33 Å². The third-order valence-electron chi connectivity index (χ3n) is 3.21. The molecule has 1 atom stereocenters. The molecule has 0 spiro atoms. The first-order valence-electron chi connectivity index (χ1n) is 5.62. The molecule has 1 N–H and O–H groups in total. The van der Waals surface area contributed by atoms with Crippen LogP contribution in [-0.2, 0) is 0 Å². The van der Waals surface area contributed by atoms with Gasteiger partial charge in [-0.15, -0.1) is 0 Å². The number of halogens is 1. The van der Waals surface area contributed by atoms with Crippen LogP contribution in [0.15, 0.2) is 12.2 Å². The number of allylic oxidation sites excluding steroid dienone is 2. The average Bonchev–Trinajstić information content (AvgIpc) is 2.25. The van der Waals surface area contributed by atoms with Crippen LogP contribution >= 0.6 is 17.6 Å². The van der Waals surface area contributed by atoms with E-state index in [2.05, 4.69) is 32.4 Å². The Morgan fingerprint density at radius 3 is 2.07 bits per heavy atom. The van der Waals surface area contributed by atoms with Crippen LogP contribution in [0.2, 0.25) is 0 Å². The van der Waals surface area contributed by atoms with Crippen molar-refractivity contribution >= 4 is 17.6 Å². The van der Waals surface area contributed by atoms with E-state index in [9.17, 15) is 4.89 Å². The summed E-state index contributed by atoms with van der Waals surface area (Å²) in [5.74, 6) is 0. The molecule has 1 aliphatic heterocycles. The molecule has 0 saturated carbocycles. The second-order valence-electron chi connectivity index (χ2n) is 5.07. The molecule has 0 aliphatic carbocycles. The first-order chi connectivity index (χ1) is 6.69. The van der Waals surface area contributed by atoms with E-state index in [1.807, 2.05) is 19.1 Å². The van der Waals surface area contributed by atoms with E-state index in [0.717, 1.165) is 0 Å². The van der Waals surface area contributed by atoms with Gasteiger partial charge in [0.15, 0.2) is 0 Å². The Kier molecular flexibility index (Phi) is 3.58. The quantitative estimate of drug-likeness (QED) is 0.612. The van der Waals surface area contributed by atoms with Gasteiger partial charge >= 0.3 is 97.8 Å². The normalized spacial score (nSPS) is 31.1. The summed E-state index contributed by atoms with van der Waals surface area (Å²) < 4.78 is 2.12. The monoisotopic (exact) mass is 251 g/mol. The number of hydrogen-bond donors (Lipinski definition) is 1. The number of nitrogens with zero attached hydrogens (tertiary/aromatic N) is 1. The molecule has 4 heteroatoms. The summed E-state index contributed by atoms with van der Waals surface area (Å²) in [7, 11) is 0. The van der Waals surface area contributed by atoms with Gasteiger partial charge in [0.05, 0.1) is 0 Å². The fraction of sp³-hybridized carbons (Fsp3) is 0.818. The average molecular weight is 252 g/mol. The van der Waals surface area contributed by atoms with Crippen molar-refractivity contribution in [2.45, 2.75) is 52.4 Å². The molecule has 2 nitrogen and oxygen atoms in total. The molecule has 0 amide bonds. The van der Waals surface area contributed by atoms with Crippen molar-refractivity contribution < 1.29 is 4.89 Å². The van der Waals surface area contributed by atoms with Crippen LogP contribution in [0.3, 0.4) is 0 Å². The van der Waals surface area contributed by atoms with Crippen LogP contribution in [0.1, 0.15) is 34.6 Å². The number of hydrogen-bond acceptors (Lipinski definition) is 2. The summed E-state index contributed by atoms with van der Waals surface area (Å²) in [5.41, 5.74) is 0.0717. The fourth-order valence-electron chi connectivity index (χ4n) is 2.66. The Morgan fingerprint density at radius 1 is 1.33 bits per heavy atom. The summed E-state index contributed by atoms with van der Waals surface area (Å²) in [5, 5.41) is 0. The first kappa shape index (κ1) is 13.4. The van der Waals surface area contributed by atoms with Gasteiger partial charge in [-0.1, -0.05) is 0 Å². The van der Waals surface area contributed by atoms with Crippen molar-refractivity contribution in [2.24, 2.45) is 0 Å². The van der Waals surface area contributed by atoms with Gasteiger partial charge in [-0.3, -0.25) is 0 Å². The maximum absolute atomic E-state index is 11.0. The van der Waals surface area contributed by atoms with Crippen LogP contribution in [0, 0.1) is 0 Å². The zero-order chi connectivity index (χ0) is 11.9. The van der Waals surface area contributed by atoms with Crippen molar-refractivity contribution in [1.82, 2.24) is 4.67 Å². The van der Waals surface area contributed by atoms with Crippen molar-refractivity contribution in [3.05, 3.63) is 12.2 Å². The van der Waals surface area contributed by atoms with Gasteiger partial charge < -0.3 is 0 Å². The summed E-state index contributed by atoms with van der Waals surface area (Å²) in [6.07, 6.45) is 1.45. The topological polar surface area (TPSA) is 23.5 Å². The van der Waals surface area contributed by atoms with Crippen molar-refractivity contribution in [3.8, 4) is 0 Å². The zero-order valence-electron chi connectivity index (χ0n) is 10.3. The van der Waals surface area contributed by atoms with Gasteiger partial charge in [0.2, 0.25) is 0 Å². The van der Waals surface area contributed by atoms with Gasteiger partial charge in [0.1, 0.15) is 0 Å². The molecule has 1 aliphatic rings. The minimum absolute atomic E-state index is 0.0717. The number of rotatable bonds is 3. The van der Waals surface area contributed by atoms with Gasteiger partial charge in [0.25, 0.3) is 0 Å². The Hall–Kier alpha value is 0.380. The van der Waals surface area contributed by atoms with Crippen LogP contribution in [0.4, 0.5) is 0 Å². The molecule has 0 radical (unpaired) electrons. The van der Waals surface area contributed by atoms with E-state index in [1.54, 1.807) is 0 Å². The molecular weight excluding hydrogens is 229 g/mol. The molecule has 1 rings (SSSR count). The summed E-state index contributed by atoms with van der Waals surface area (Å²) in [6, 6.07) is 0.542. The second kappa shape index (κ2) is 4.00. The molecule has 1 heterocycles. The second-order valence-corrected chi connectivity index (χ2v) is 11.2. The predicted octanol–water partition coefficient (Wildman–Crippen LogP) is 3.59. The van der Waals surface area contributed by atoms with E-state index in [-0.39, 0.29) is 17.7 Å². The van der Waals surface area contributed by atoms with E-state index in [0.29, 0.717) is 6.16 Å². The third-order valence-corrected chi connectivity index (χ3v) is 9.64. The van der Waals surface area contributed by atoms with E-state index in [1.165, 1.54) is 0 Å². The van der Waals surface area contributed by atoms with Crippen molar-refractivity contribution in [3.63, 3.8) is 0 Å². The molecule has 0 aromatic carbocycles. The molecule has 1 unspecified atom stereocenters. The van der Waals surface area contributed by atoms with Gasteiger partial charge in [0, 0.05) is 0 Å². The Labute approximate surface area is 98.2 Å². The molecule has 0 fully saturated rings. The van der Waals surface area contributed by atoms with Gasteiger partial charge in [-0.25, -0.2) is 0 Å². The van der Waals surface area contributed by atoms with Crippen molar-refractivity contribution in [1.29, 1.82) is 0 Å². The third kappa shape index (κ3) is 2.10. The van der Waals surface area contributed by atoms with Crippen LogP contribution in [0.5, 0.6) is 0 Å². The van der Waals surface area contributed by atoms with Crippen LogP contribution in [0.25, 0.3) is 0 Å². The van der Waals surface area contributed by atoms with Crippen LogP contribution in [-0.4, -0.2) is 33.5 Å². The molecule has 0 bridgehead atoms. The Morgan fingerprint density at radius 2 is 1.80 bits per heavy atom. The van der Waals surface area contributed by atoms with Crippen molar-refractivity contribution in [2.75, 3.05) is 6.16 Å². The molecule has 90 valence electrons. The SMILES string of the molecule is CC(C)N(C(C)C)P1(O)(Cl)CC=CC1C. The van der Waals surface area contributed by atoms with Crippen LogP contribution < -0.4 is 0 Å². The van der Waals surface area contributed by atoms with E-state index >= 15 is 0 Å². The summed E-state index contributed by atoms with van der Waals surface area (Å²) in [4.78, 5) is 11.0. The molecule has 0 aromatic rings. The van der Waals surface area contributed by atoms with E-state index in [4.69, 9.17) is 11.2 Å². The van der Waals surface area contributed by atoms with Gasteiger partial charge in [-0.05, 0) is 0 Å². The zero-order valence-corrected chi connectivity index (χ0v) is 12.0. The molecule has 0 aromatic heterocycles. The predicted molar refractivity (Wildman–Crippen MR) is 70.6 cm³/mol. The summed E-state index contributed by atoms with van der Waals surface area (Å²) in [6.45, 7) is 10.4. The first-order valence-corrected chi connectivity index (χ1v) is 8.92. The molecule has 0 saturated heterocycles. The molecular formula is C11H23ClNOP. The van der Waals surface area contributed by atoms with Gasteiger partial charge in [-0.2, -0.15) is 0 Å². The molecule has 15 heavy (non-hydrogen) atoms. The minimum atomic E-state index is -3.23. The maximum atomic E-state index is 11.0.